The lowest BCUT2D eigenvalue weighted by Crippen LogP contribution is -2.24. The zero-order chi connectivity index (χ0) is 13.3. The van der Waals surface area contributed by atoms with Gasteiger partial charge < -0.3 is 4.74 Å². The number of hydrogen-bond acceptors (Lipinski definition) is 4. The zero-order valence-electron chi connectivity index (χ0n) is 11.5. The predicted octanol–water partition coefficient (Wildman–Crippen LogP) is 2.00. The van der Waals surface area contributed by atoms with Gasteiger partial charge in [-0.05, 0) is 25.7 Å². The molecule has 0 spiro atoms. The first kappa shape index (κ1) is 13.1. The molecule has 5 nitrogen and oxygen atoms in total. The van der Waals surface area contributed by atoms with E-state index in [1.54, 1.807) is 4.68 Å². The smallest absolute Gasteiger partial charge is 0.316 e. The highest BCUT2D eigenvalue weighted by Crippen LogP contribution is 2.39. The van der Waals surface area contributed by atoms with E-state index >= 15 is 0 Å². The maximum Gasteiger partial charge on any atom is 0.316 e. The summed E-state index contributed by atoms with van der Waals surface area (Å²) < 4.78 is 6.87. The molecule has 1 saturated carbocycles. The van der Waals surface area contributed by atoms with Crippen molar-refractivity contribution in [1.82, 2.24) is 14.8 Å². The lowest BCUT2D eigenvalue weighted by Gasteiger charge is -2.17. The molecule has 1 heterocycles. The van der Waals surface area contributed by atoms with Crippen LogP contribution >= 0.6 is 0 Å². The van der Waals surface area contributed by atoms with E-state index in [1.165, 1.54) is 0 Å². The summed E-state index contributed by atoms with van der Waals surface area (Å²) in [6.45, 7) is 6.23. The van der Waals surface area contributed by atoms with Gasteiger partial charge in [0, 0.05) is 13.0 Å². The summed E-state index contributed by atoms with van der Waals surface area (Å²) in [7, 11) is 1.85. The van der Waals surface area contributed by atoms with Crippen LogP contribution in [0.15, 0.2) is 0 Å². The molecule has 1 unspecified atom stereocenters. The molecular formula is C13H21N3O2. The Morgan fingerprint density at radius 1 is 1.50 bits per heavy atom. The monoisotopic (exact) mass is 251 g/mol. The Hall–Kier alpha value is -1.39. The highest BCUT2D eigenvalue weighted by Gasteiger charge is 2.34. The molecule has 1 aromatic rings. The number of carbonyl (C=O) groups is 1. The minimum Gasteiger partial charge on any atom is -0.465 e. The van der Waals surface area contributed by atoms with Crippen molar-refractivity contribution in [1.29, 1.82) is 0 Å². The van der Waals surface area contributed by atoms with Crippen molar-refractivity contribution in [2.24, 2.45) is 13.0 Å². The third-order valence-electron chi connectivity index (χ3n) is 3.24. The van der Waals surface area contributed by atoms with E-state index in [1.807, 2.05) is 27.8 Å². The van der Waals surface area contributed by atoms with Crippen molar-refractivity contribution in [2.75, 3.05) is 6.61 Å². The van der Waals surface area contributed by atoms with Gasteiger partial charge in [-0.3, -0.25) is 9.48 Å². The predicted molar refractivity (Wildman–Crippen MR) is 67.2 cm³/mol. The second kappa shape index (κ2) is 5.08. The van der Waals surface area contributed by atoms with E-state index in [9.17, 15) is 4.79 Å². The standard InChI is InChI=1S/C13H21N3O2/c1-5-18-13(17)10(8(2)3)12-14-11(9-6-7-9)15-16(12)4/h8-10H,5-7H2,1-4H3. The summed E-state index contributed by atoms with van der Waals surface area (Å²) in [6, 6.07) is 0. The molecule has 1 atom stereocenters. The zero-order valence-corrected chi connectivity index (χ0v) is 11.5. The molecule has 5 heteroatoms. The first-order valence-corrected chi connectivity index (χ1v) is 6.62. The van der Waals surface area contributed by atoms with Gasteiger partial charge in [-0.2, -0.15) is 5.10 Å². The van der Waals surface area contributed by atoms with Gasteiger partial charge in [0.2, 0.25) is 0 Å². The molecule has 0 aliphatic heterocycles. The number of esters is 1. The van der Waals surface area contributed by atoms with E-state index < -0.39 is 0 Å². The second-order valence-corrected chi connectivity index (χ2v) is 5.20. The largest absolute Gasteiger partial charge is 0.465 e. The molecule has 18 heavy (non-hydrogen) atoms. The Bertz CT molecular complexity index is 435. The molecule has 0 radical (unpaired) electrons. The third kappa shape index (κ3) is 2.54. The van der Waals surface area contributed by atoms with Crippen molar-refractivity contribution in [3.05, 3.63) is 11.6 Å². The molecule has 1 fully saturated rings. The van der Waals surface area contributed by atoms with E-state index in [0.29, 0.717) is 12.5 Å². The van der Waals surface area contributed by atoms with Crippen molar-refractivity contribution in [3.8, 4) is 0 Å². The van der Waals surface area contributed by atoms with Crippen LogP contribution in [0.1, 0.15) is 57.1 Å². The molecule has 0 aromatic carbocycles. The van der Waals surface area contributed by atoms with Crippen LogP contribution in [0.2, 0.25) is 0 Å². The van der Waals surface area contributed by atoms with Crippen LogP contribution in [-0.4, -0.2) is 27.3 Å². The van der Waals surface area contributed by atoms with Crippen molar-refractivity contribution in [2.45, 2.75) is 45.4 Å². The van der Waals surface area contributed by atoms with Crippen molar-refractivity contribution in [3.63, 3.8) is 0 Å². The molecule has 0 N–H and O–H groups in total. The van der Waals surface area contributed by atoms with Crippen LogP contribution in [-0.2, 0) is 16.6 Å². The summed E-state index contributed by atoms with van der Waals surface area (Å²) in [5.41, 5.74) is 0. The molecular weight excluding hydrogens is 230 g/mol. The van der Waals surface area contributed by atoms with E-state index in [0.717, 1.165) is 24.5 Å². The number of carbonyl (C=O) groups excluding carboxylic acids is 1. The quantitative estimate of drug-likeness (QED) is 0.751. The molecule has 1 aliphatic rings. The Labute approximate surface area is 108 Å². The van der Waals surface area contributed by atoms with Crippen molar-refractivity contribution >= 4 is 5.97 Å². The van der Waals surface area contributed by atoms with E-state index in [2.05, 4.69) is 10.1 Å². The summed E-state index contributed by atoms with van der Waals surface area (Å²) in [4.78, 5) is 16.6. The van der Waals surface area contributed by atoms with Gasteiger partial charge in [-0.15, -0.1) is 0 Å². The fourth-order valence-corrected chi connectivity index (χ4v) is 2.11. The molecule has 2 rings (SSSR count). The van der Waals surface area contributed by atoms with Gasteiger partial charge in [0.25, 0.3) is 0 Å². The normalized spacial score (nSPS) is 16.9. The molecule has 1 aromatic heterocycles. The average molecular weight is 251 g/mol. The van der Waals surface area contributed by atoms with Crippen LogP contribution in [0.5, 0.6) is 0 Å². The Morgan fingerprint density at radius 2 is 2.17 bits per heavy atom. The number of nitrogens with zero attached hydrogens (tertiary/aromatic N) is 3. The summed E-state index contributed by atoms with van der Waals surface area (Å²) in [6.07, 6.45) is 2.32. The third-order valence-corrected chi connectivity index (χ3v) is 3.24. The van der Waals surface area contributed by atoms with Gasteiger partial charge in [-0.25, -0.2) is 4.98 Å². The first-order chi connectivity index (χ1) is 8.54. The highest BCUT2D eigenvalue weighted by molar-refractivity contribution is 5.77. The summed E-state index contributed by atoms with van der Waals surface area (Å²) in [5.74, 6) is 1.73. The van der Waals surface area contributed by atoms with Crippen LogP contribution in [0.25, 0.3) is 0 Å². The van der Waals surface area contributed by atoms with Gasteiger partial charge >= 0.3 is 5.97 Å². The second-order valence-electron chi connectivity index (χ2n) is 5.20. The maximum atomic E-state index is 12.0. The Kier molecular flexibility index (Phi) is 3.68. The minimum absolute atomic E-state index is 0.152. The SMILES string of the molecule is CCOC(=O)C(c1nc(C2CC2)nn1C)C(C)C. The van der Waals surface area contributed by atoms with Gasteiger partial charge in [0.05, 0.1) is 6.61 Å². The fraction of sp³-hybridized carbons (Fsp3) is 0.769. The number of hydrogen-bond donors (Lipinski definition) is 0. The van der Waals surface area contributed by atoms with E-state index in [-0.39, 0.29) is 17.8 Å². The minimum atomic E-state index is -0.324. The Morgan fingerprint density at radius 3 is 2.67 bits per heavy atom. The lowest BCUT2D eigenvalue weighted by atomic mass is 9.95. The number of aromatic nitrogens is 3. The maximum absolute atomic E-state index is 12.0. The van der Waals surface area contributed by atoms with Crippen LogP contribution < -0.4 is 0 Å². The molecule has 100 valence electrons. The number of rotatable bonds is 5. The van der Waals surface area contributed by atoms with Gasteiger partial charge in [-0.1, -0.05) is 13.8 Å². The molecule has 0 amide bonds. The molecule has 0 bridgehead atoms. The molecule has 0 saturated heterocycles. The van der Waals surface area contributed by atoms with Crippen LogP contribution in [0.3, 0.4) is 0 Å². The average Bonchev–Trinajstić information content (AvgIpc) is 3.05. The van der Waals surface area contributed by atoms with Crippen molar-refractivity contribution < 1.29 is 9.53 Å². The van der Waals surface area contributed by atoms with Crippen LogP contribution in [0, 0.1) is 5.92 Å². The number of ether oxygens (including phenoxy) is 1. The highest BCUT2D eigenvalue weighted by atomic mass is 16.5. The fourth-order valence-electron chi connectivity index (χ4n) is 2.11. The lowest BCUT2D eigenvalue weighted by molar-refractivity contribution is -0.146. The van der Waals surface area contributed by atoms with Crippen LogP contribution in [0.4, 0.5) is 0 Å². The van der Waals surface area contributed by atoms with Gasteiger partial charge in [0.15, 0.2) is 5.82 Å². The topological polar surface area (TPSA) is 57.0 Å². The van der Waals surface area contributed by atoms with Gasteiger partial charge in [0.1, 0.15) is 11.7 Å². The summed E-state index contributed by atoms with van der Waals surface area (Å²) in [5, 5.41) is 4.42. The molecule has 1 aliphatic carbocycles. The number of aryl methyl sites for hydroxylation is 1. The Balaban J connectivity index is 2.26. The first-order valence-electron chi connectivity index (χ1n) is 6.62. The summed E-state index contributed by atoms with van der Waals surface area (Å²) >= 11 is 0. The van der Waals surface area contributed by atoms with E-state index in [4.69, 9.17) is 4.74 Å².